The van der Waals surface area contributed by atoms with Crippen molar-refractivity contribution < 1.29 is 4.79 Å². The standard InChI is InChI=1S/C16H25N3OS2/c1-11-9-14(13-5-8-21-16(13)22-11)18-12-3-6-19(7-4-12)10-15(20)17-2/h5,8,11-12,14,18H,3-4,6-7,9-10H2,1-2H3,(H,17,20)/t11-,14?/m0/s1. The number of thiophene rings is 1. The molecular weight excluding hydrogens is 314 g/mol. The summed E-state index contributed by atoms with van der Waals surface area (Å²) in [6.45, 7) is 4.89. The van der Waals surface area contributed by atoms with Crippen LogP contribution in [0.4, 0.5) is 0 Å². The molecular formula is C16H25N3OS2. The number of thioether (sulfide) groups is 1. The molecule has 1 saturated heterocycles. The van der Waals surface area contributed by atoms with Gasteiger partial charge in [0.15, 0.2) is 0 Å². The van der Waals surface area contributed by atoms with Gasteiger partial charge >= 0.3 is 0 Å². The number of hydrogen-bond acceptors (Lipinski definition) is 5. The molecule has 2 N–H and O–H groups in total. The van der Waals surface area contributed by atoms with E-state index in [-0.39, 0.29) is 5.91 Å². The van der Waals surface area contributed by atoms with E-state index in [1.165, 1.54) is 16.2 Å². The van der Waals surface area contributed by atoms with E-state index in [1.54, 1.807) is 7.05 Å². The summed E-state index contributed by atoms with van der Waals surface area (Å²) in [6.07, 6.45) is 3.48. The highest BCUT2D eigenvalue weighted by molar-refractivity contribution is 8.01. The lowest BCUT2D eigenvalue weighted by Gasteiger charge is -2.36. The fourth-order valence-electron chi connectivity index (χ4n) is 3.33. The van der Waals surface area contributed by atoms with Crippen LogP contribution in [0.3, 0.4) is 0 Å². The zero-order valence-electron chi connectivity index (χ0n) is 13.3. The fourth-order valence-corrected chi connectivity index (χ4v) is 5.90. The van der Waals surface area contributed by atoms with Crippen LogP contribution >= 0.6 is 23.1 Å². The Labute approximate surface area is 141 Å². The van der Waals surface area contributed by atoms with Crippen molar-refractivity contribution in [3.8, 4) is 0 Å². The Morgan fingerprint density at radius 3 is 2.91 bits per heavy atom. The molecule has 0 spiro atoms. The van der Waals surface area contributed by atoms with Gasteiger partial charge in [-0.2, -0.15) is 0 Å². The number of piperidine rings is 1. The van der Waals surface area contributed by atoms with Gasteiger partial charge < -0.3 is 10.6 Å². The zero-order chi connectivity index (χ0) is 15.5. The number of rotatable bonds is 4. The third-order valence-electron chi connectivity index (χ3n) is 4.58. The number of nitrogens with zero attached hydrogens (tertiary/aromatic N) is 1. The van der Waals surface area contributed by atoms with Gasteiger partial charge in [0.25, 0.3) is 0 Å². The number of carbonyl (C=O) groups excluding carboxylic acids is 1. The summed E-state index contributed by atoms with van der Waals surface area (Å²) < 4.78 is 1.49. The van der Waals surface area contributed by atoms with Gasteiger partial charge in [0.1, 0.15) is 0 Å². The van der Waals surface area contributed by atoms with Crippen molar-refractivity contribution in [3.63, 3.8) is 0 Å². The first-order valence-electron chi connectivity index (χ1n) is 8.08. The SMILES string of the molecule is CNC(=O)CN1CCC(NC2C[C@H](C)Sc3sccc32)CC1. The lowest BCUT2D eigenvalue weighted by Crippen LogP contribution is -2.46. The maximum absolute atomic E-state index is 11.5. The Bertz CT molecular complexity index is 511. The fraction of sp³-hybridized carbons (Fsp3) is 0.688. The number of fused-ring (bicyclic) bond motifs is 1. The molecule has 0 aromatic carbocycles. The van der Waals surface area contributed by atoms with Crippen LogP contribution < -0.4 is 10.6 Å². The topological polar surface area (TPSA) is 44.4 Å². The minimum absolute atomic E-state index is 0.118. The number of nitrogens with one attached hydrogen (secondary N) is 2. The van der Waals surface area contributed by atoms with Crippen molar-refractivity contribution in [2.24, 2.45) is 0 Å². The average Bonchev–Trinajstić information content (AvgIpc) is 2.97. The molecule has 1 aromatic heterocycles. The van der Waals surface area contributed by atoms with Gasteiger partial charge in [-0.15, -0.1) is 23.1 Å². The lowest BCUT2D eigenvalue weighted by atomic mass is 9.99. The molecule has 122 valence electrons. The number of amides is 1. The Morgan fingerprint density at radius 2 is 2.18 bits per heavy atom. The first-order valence-corrected chi connectivity index (χ1v) is 9.84. The van der Waals surface area contributed by atoms with E-state index in [2.05, 4.69) is 33.9 Å². The van der Waals surface area contributed by atoms with Crippen LogP contribution in [0.25, 0.3) is 0 Å². The van der Waals surface area contributed by atoms with Crippen LogP contribution in [-0.4, -0.2) is 48.8 Å². The Hall–Kier alpha value is -0.560. The van der Waals surface area contributed by atoms with Crippen molar-refractivity contribution in [2.45, 2.75) is 47.7 Å². The molecule has 1 unspecified atom stereocenters. The van der Waals surface area contributed by atoms with Gasteiger partial charge in [0.05, 0.1) is 10.8 Å². The molecule has 2 aliphatic heterocycles. The summed E-state index contributed by atoms with van der Waals surface area (Å²) in [5.41, 5.74) is 1.50. The maximum atomic E-state index is 11.5. The summed E-state index contributed by atoms with van der Waals surface area (Å²) in [4.78, 5) is 13.7. The van der Waals surface area contributed by atoms with Gasteiger partial charge in [-0.05, 0) is 36.3 Å². The second kappa shape index (κ2) is 7.34. The molecule has 22 heavy (non-hydrogen) atoms. The molecule has 0 radical (unpaired) electrons. The number of likely N-dealkylation sites (tertiary alicyclic amines) is 1. The molecule has 2 atom stereocenters. The predicted molar refractivity (Wildman–Crippen MR) is 93.7 cm³/mol. The molecule has 6 heteroatoms. The van der Waals surface area contributed by atoms with Crippen molar-refractivity contribution >= 4 is 29.0 Å². The Balaban J connectivity index is 1.52. The molecule has 1 aromatic rings. The van der Waals surface area contributed by atoms with Gasteiger partial charge in [0, 0.05) is 37.5 Å². The van der Waals surface area contributed by atoms with Gasteiger partial charge in [-0.3, -0.25) is 9.69 Å². The lowest BCUT2D eigenvalue weighted by molar-refractivity contribution is -0.122. The molecule has 3 heterocycles. The molecule has 0 aliphatic carbocycles. The largest absolute Gasteiger partial charge is 0.358 e. The summed E-state index contributed by atoms with van der Waals surface area (Å²) in [5, 5.41) is 9.50. The Morgan fingerprint density at radius 1 is 1.41 bits per heavy atom. The van der Waals surface area contributed by atoms with Crippen LogP contribution in [0.1, 0.15) is 37.8 Å². The van der Waals surface area contributed by atoms with Crippen molar-refractivity contribution in [1.29, 1.82) is 0 Å². The second-order valence-electron chi connectivity index (χ2n) is 6.27. The van der Waals surface area contributed by atoms with Crippen molar-refractivity contribution in [2.75, 3.05) is 26.7 Å². The number of hydrogen-bond donors (Lipinski definition) is 2. The summed E-state index contributed by atoms with van der Waals surface area (Å²) in [7, 11) is 1.71. The van der Waals surface area contributed by atoms with E-state index >= 15 is 0 Å². The smallest absolute Gasteiger partial charge is 0.233 e. The minimum atomic E-state index is 0.118. The highest BCUT2D eigenvalue weighted by Crippen LogP contribution is 2.44. The van der Waals surface area contributed by atoms with E-state index in [1.807, 2.05) is 23.1 Å². The highest BCUT2D eigenvalue weighted by atomic mass is 32.2. The molecule has 2 aliphatic rings. The van der Waals surface area contributed by atoms with E-state index in [9.17, 15) is 4.79 Å². The van der Waals surface area contributed by atoms with Gasteiger partial charge in [-0.25, -0.2) is 0 Å². The molecule has 1 fully saturated rings. The molecule has 0 bridgehead atoms. The van der Waals surface area contributed by atoms with Crippen LogP contribution in [0, 0.1) is 0 Å². The Kier molecular flexibility index (Phi) is 5.44. The first kappa shape index (κ1) is 16.3. The molecule has 0 saturated carbocycles. The molecule has 1 amide bonds. The predicted octanol–water partition coefficient (Wildman–Crippen LogP) is 2.47. The van der Waals surface area contributed by atoms with Crippen molar-refractivity contribution in [3.05, 3.63) is 17.0 Å². The summed E-state index contributed by atoms with van der Waals surface area (Å²) in [6, 6.07) is 3.37. The second-order valence-corrected chi connectivity index (χ2v) is 8.89. The number of likely N-dealkylation sites (N-methyl/N-ethyl adjacent to an activating group) is 1. The average molecular weight is 340 g/mol. The van der Waals surface area contributed by atoms with Crippen LogP contribution in [-0.2, 0) is 4.79 Å². The van der Waals surface area contributed by atoms with Crippen LogP contribution in [0.2, 0.25) is 0 Å². The van der Waals surface area contributed by atoms with Gasteiger partial charge in [-0.1, -0.05) is 6.92 Å². The van der Waals surface area contributed by atoms with E-state index in [0.29, 0.717) is 23.9 Å². The summed E-state index contributed by atoms with van der Waals surface area (Å²) in [5.74, 6) is 0.118. The maximum Gasteiger partial charge on any atom is 0.233 e. The molecule has 4 nitrogen and oxygen atoms in total. The van der Waals surface area contributed by atoms with Crippen molar-refractivity contribution in [1.82, 2.24) is 15.5 Å². The van der Waals surface area contributed by atoms with Gasteiger partial charge in [0.2, 0.25) is 5.91 Å². The van der Waals surface area contributed by atoms with E-state index < -0.39 is 0 Å². The normalized spacial score (nSPS) is 26.6. The van der Waals surface area contributed by atoms with Crippen LogP contribution in [0.15, 0.2) is 15.7 Å². The first-order chi connectivity index (χ1) is 10.7. The van der Waals surface area contributed by atoms with E-state index in [4.69, 9.17) is 0 Å². The summed E-state index contributed by atoms with van der Waals surface area (Å²) >= 11 is 3.89. The third kappa shape index (κ3) is 3.85. The third-order valence-corrected chi connectivity index (χ3v) is 6.92. The highest BCUT2D eigenvalue weighted by Gasteiger charge is 2.29. The van der Waals surface area contributed by atoms with E-state index in [0.717, 1.165) is 25.9 Å². The zero-order valence-corrected chi connectivity index (χ0v) is 14.9. The van der Waals surface area contributed by atoms with Crippen LogP contribution in [0.5, 0.6) is 0 Å². The monoisotopic (exact) mass is 339 g/mol. The quantitative estimate of drug-likeness (QED) is 0.884. The number of carbonyl (C=O) groups is 1. The molecule has 3 rings (SSSR count). The minimum Gasteiger partial charge on any atom is -0.358 e.